The van der Waals surface area contributed by atoms with Crippen LogP contribution in [-0.4, -0.2) is 27.1 Å². The van der Waals surface area contributed by atoms with E-state index < -0.39 is 18.0 Å². The van der Waals surface area contributed by atoms with E-state index in [4.69, 9.17) is 16.3 Å². The third-order valence-corrected chi connectivity index (χ3v) is 4.09. The van der Waals surface area contributed by atoms with Gasteiger partial charge in [0.05, 0.1) is 5.92 Å². The summed E-state index contributed by atoms with van der Waals surface area (Å²) in [6.45, 7) is 1.74. The lowest BCUT2D eigenvalue weighted by atomic mass is 9.86. The Bertz CT molecular complexity index is 828. The maximum Gasteiger partial charge on any atom is 0.346 e. The van der Waals surface area contributed by atoms with E-state index in [9.17, 15) is 9.90 Å². The van der Waals surface area contributed by atoms with Crippen LogP contribution in [0.4, 0.5) is 0 Å². The number of ether oxygens (including phenoxy) is 1. The van der Waals surface area contributed by atoms with Crippen molar-refractivity contribution < 1.29 is 14.6 Å². The third-order valence-electron chi connectivity index (χ3n) is 3.90. The van der Waals surface area contributed by atoms with E-state index in [2.05, 4.69) is 9.97 Å². The monoisotopic (exact) mass is 368 g/mol. The Morgan fingerprint density at radius 3 is 2.00 bits per heavy atom. The van der Waals surface area contributed by atoms with Crippen LogP contribution in [0, 0.1) is 6.92 Å². The van der Waals surface area contributed by atoms with E-state index >= 15 is 0 Å². The van der Waals surface area contributed by atoms with Crippen LogP contribution in [0.2, 0.25) is 5.15 Å². The fraction of sp³-hybridized carbons (Fsp3) is 0.150. The number of nitrogens with zero attached hydrogens (tertiary/aromatic N) is 2. The Labute approximate surface area is 156 Å². The van der Waals surface area contributed by atoms with Gasteiger partial charge in [-0.3, -0.25) is 0 Å². The zero-order valence-corrected chi connectivity index (χ0v) is 14.8. The molecule has 0 radical (unpaired) electrons. The van der Waals surface area contributed by atoms with Crippen LogP contribution in [-0.2, 0) is 4.79 Å². The van der Waals surface area contributed by atoms with E-state index in [1.165, 1.54) is 0 Å². The largest absolute Gasteiger partial charge is 0.478 e. The number of aliphatic carboxylic acids is 1. The number of benzene rings is 2. The highest BCUT2D eigenvalue weighted by atomic mass is 35.5. The summed E-state index contributed by atoms with van der Waals surface area (Å²) in [4.78, 5) is 20.2. The predicted octanol–water partition coefficient (Wildman–Crippen LogP) is 4.10. The Morgan fingerprint density at radius 1 is 1.00 bits per heavy atom. The number of halogens is 1. The number of carboxylic acid groups (broad SMARTS) is 1. The van der Waals surface area contributed by atoms with E-state index in [1.807, 2.05) is 60.7 Å². The minimum atomic E-state index is -1.21. The Balaban J connectivity index is 2.05. The van der Waals surface area contributed by atoms with Crippen LogP contribution in [0.15, 0.2) is 66.7 Å². The number of hydrogen-bond donors (Lipinski definition) is 1. The second kappa shape index (κ2) is 7.97. The van der Waals surface area contributed by atoms with Crippen LogP contribution >= 0.6 is 11.6 Å². The van der Waals surface area contributed by atoms with Gasteiger partial charge in [-0.2, -0.15) is 4.98 Å². The normalized spacial score (nSPS) is 12.0. The fourth-order valence-electron chi connectivity index (χ4n) is 2.79. The van der Waals surface area contributed by atoms with Crippen molar-refractivity contribution in [3.63, 3.8) is 0 Å². The van der Waals surface area contributed by atoms with Crippen molar-refractivity contribution in [1.29, 1.82) is 0 Å². The summed E-state index contributed by atoms with van der Waals surface area (Å²) in [6, 6.07) is 20.2. The molecule has 0 saturated carbocycles. The highest BCUT2D eigenvalue weighted by Gasteiger charge is 2.33. The molecule has 0 bridgehead atoms. The van der Waals surface area contributed by atoms with Crippen LogP contribution in [0.5, 0.6) is 6.01 Å². The van der Waals surface area contributed by atoms with Gasteiger partial charge < -0.3 is 9.84 Å². The van der Waals surface area contributed by atoms with Crippen molar-refractivity contribution in [2.75, 3.05) is 0 Å². The topological polar surface area (TPSA) is 72.3 Å². The predicted molar refractivity (Wildman–Crippen MR) is 98.6 cm³/mol. The molecule has 2 aromatic carbocycles. The summed E-state index contributed by atoms with van der Waals surface area (Å²) < 4.78 is 5.70. The smallest absolute Gasteiger partial charge is 0.346 e. The van der Waals surface area contributed by atoms with Crippen LogP contribution in [0.3, 0.4) is 0 Å². The molecule has 5 nitrogen and oxygen atoms in total. The molecule has 1 heterocycles. The maximum absolute atomic E-state index is 12.0. The number of aryl methyl sites for hydroxylation is 1. The van der Waals surface area contributed by atoms with Gasteiger partial charge in [-0.1, -0.05) is 72.3 Å². The number of carbonyl (C=O) groups is 1. The lowest BCUT2D eigenvalue weighted by Gasteiger charge is -2.25. The van der Waals surface area contributed by atoms with E-state index in [0.717, 1.165) is 11.1 Å². The molecular weight excluding hydrogens is 352 g/mol. The molecule has 0 aliphatic carbocycles. The SMILES string of the molecule is Cc1cc(Cl)nc(OC(C(=O)O)C(c2ccccc2)c2ccccc2)n1. The first-order valence-corrected chi connectivity index (χ1v) is 8.43. The van der Waals surface area contributed by atoms with E-state index in [0.29, 0.717) is 5.69 Å². The number of aromatic nitrogens is 2. The third kappa shape index (κ3) is 4.18. The molecule has 0 aliphatic heterocycles. The molecule has 0 saturated heterocycles. The van der Waals surface area contributed by atoms with Gasteiger partial charge in [-0.05, 0) is 24.1 Å². The quantitative estimate of drug-likeness (QED) is 0.663. The number of rotatable bonds is 6. The molecule has 0 aliphatic rings. The summed E-state index contributed by atoms with van der Waals surface area (Å²) in [5.41, 5.74) is 2.25. The zero-order valence-electron chi connectivity index (χ0n) is 14.0. The van der Waals surface area contributed by atoms with Gasteiger partial charge in [0.25, 0.3) is 0 Å². The van der Waals surface area contributed by atoms with Crippen molar-refractivity contribution in [2.45, 2.75) is 18.9 Å². The second-order valence-corrected chi connectivity index (χ2v) is 6.18. The van der Waals surface area contributed by atoms with Gasteiger partial charge >= 0.3 is 12.0 Å². The molecule has 1 aromatic heterocycles. The number of carboxylic acids is 1. The first-order valence-electron chi connectivity index (χ1n) is 8.05. The van der Waals surface area contributed by atoms with E-state index in [-0.39, 0.29) is 11.2 Å². The van der Waals surface area contributed by atoms with Crippen molar-refractivity contribution in [1.82, 2.24) is 9.97 Å². The Kier molecular flexibility index (Phi) is 5.49. The molecular formula is C20H17ClN2O3. The average molecular weight is 369 g/mol. The maximum atomic E-state index is 12.0. The van der Waals surface area contributed by atoms with Crippen molar-refractivity contribution in [3.05, 3.63) is 88.7 Å². The van der Waals surface area contributed by atoms with Crippen molar-refractivity contribution in [2.24, 2.45) is 0 Å². The average Bonchev–Trinajstić information content (AvgIpc) is 2.62. The van der Waals surface area contributed by atoms with E-state index in [1.54, 1.807) is 13.0 Å². The fourth-order valence-corrected chi connectivity index (χ4v) is 3.02. The molecule has 132 valence electrons. The van der Waals surface area contributed by atoms with Gasteiger partial charge in [0.2, 0.25) is 6.10 Å². The molecule has 0 spiro atoms. The molecule has 3 aromatic rings. The molecule has 1 unspecified atom stereocenters. The van der Waals surface area contributed by atoms with Crippen LogP contribution < -0.4 is 4.74 Å². The zero-order chi connectivity index (χ0) is 18.5. The van der Waals surface area contributed by atoms with Crippen molar-refractivity contribution >= 4 is 17.6 Å². The molecule has 3 rings (SSSR count). The van der Waals surface area contributed by atoms with Gasteiger partial charge in [0, 0.05) is 5.69 Å². The first-order chi connectivity index (χ1) is 12.5. The van der Waals surface area contributed by atoms with Gasteiger partial charge in [-0.15, -0.1) is 0 Å². The minimum Gasteiger partial charge on any atom is -0.478 e. The lowest BCUT2D eigenvalue weighted by molar-refractivity contribution is -0.146. The highest BCUT2D eigenvalue weighted by molar-refractivity contribution is 6.29. The lowest BCUT2D eigenvalue weighted by Crippen LogP contribution is -2.35. The summed E-state index contributed by atoms with van der Waals surface area (Å²) in [5, 5.41) is 10.1. The van der Waals surface area contributed by atoms with Gasteiger partial charge in [0.1, 0.15) is 5.15 Å². The molecule has 6 heteroatoms. The summed E-state index contributed by atoms with van der Waals surface area (Å²) in [7, 11) is 0. The van der Waals surface area contributed by atoms with Crippen LogP contribution in [0.25, 0.3) is 0 Å². The summed E-state index contributed by atoms with van der Waals surface area (Å²) in [5.74, 6) is -1.64. The standard InChI is InChI=1S/C20H17ClN2O3/c1-13-12-16(21)23-20(22-13)26-18(19(24)25)17(14-8-4-2-5-9-14)15-10-6-3-7-11-15/h2-12,17-18H,1H3,(H,24,25). The Hall–Kier alpha value is -2.92. The number of hydrogen-bond acceptors (Lipinski definition) is 4. The van der Waals surface area contributed by atoms with Crippen LogP contribution in [0.1, 0.15) is 22.7 Å². The molecule has 1 atom stereocenters. The minimum absolute atomic E-state index is 0.0562. The highest BCUT2D eigenvalue weighted by Crippen LogP contribution is 2.30. The molecule has 0 amide bonds. The summed E-state index contributed by atoms with van der Waals surface area (Å²) >= 11 is 5.95. The Morgan fingerprint density at radius 2 is 1.54 bits per heavy atom. The molecule has 0 fully saturated rings. The van der Waals surface area contributed by atoms with Gasteiger partial charge in [-0.25, -0.2) is 9.78 Å². The first kappa shape index (κ1) is 17.9. The summed E-state index contributed by atoms with van der Waals surface area (Å²) in [6.07, 6.45) is -1.21. The van der Waals surface area contributed by atoms with Crippen molar-refractivity contribution in [3.8, 4) is 6.01 Å². The second-order valence-electron chi connectivity index (χ2n) is 5.79. The molecule has 1 N–H and O–H groups in total. The molecule has 26 heavy (non-hydrogen) atoms. The van der Waals surface area contributed by atoms with Gasteiger partial charge in [0.15, 0.2) is 0 Å².